The first-order valence-corrected chi connectivity index (χ1v) is 8.17. The van der Waals surface area contributed by atoms with Gasteiger partial charge >= 0.3 is 5.97 Å². The number of carbonyl (C=O) groups excluding carboxylic acids is 1. The van der Waals surface area contributed by atoms with Crippen molar-refractivity contribution in [2.45, 2.75) is 38.1 Å². The zero-order chi connectivity index (χ0) is 17.4. The van der Waals surface area contributed by atoms with Crippen molar-refractivity contribution in [2.75, 3.05) is 0 Å². The molecule has 4 heteroatoms. The number of hydrogen-bond donors (Lipinski definition) is 2. The molecule has 0 bridgehead atoms. The third kappa shape index (κ3) is 5.54. The quantitative estimate of drug-likeness (QED) is 0.782. The minimum Gasteiger partial charge on any atom is -0.481 e. The zero-order valence-electron chi connectivity index (χ0n) is 13.8. The molecule has 0 heterocycles. The van der Waals surface area contributed by atoms with Crippen LogP contribution < -0.4 is 5.32 Å². The Hall–Kier alpha value is -2.62. The minimum absolute atomic E-state index is 0.0392. The Kier molecular flexibility index (Phi) is 6.55. The first-order chi connectivity index (χ1) is 11.6. The molecule has 0 aliphatic carbocycles. The molecular formula is C20H23NO3. The van der Waals surface area contributed by atoms with E-state index in [1.165, 1.54) is 0 Å². The number of aliphatic carboxylic acids is 1. The number of nitrogens with one attached hydrogen (secondary N) is 1. The van der Waals surface area contributed by atoms with E-state index in [1.54, 1.807) is 0 Å². The van der Waals surface area contributed by atoms with Crippen molar-refractivity contribution in [3.63, 3.8) is 0 Å². The van der Waals surface area contributed by atoms with Gasteiger partial charge in [-0.15, -0.1) is 0 Å². The third-order valence-electron chi connectivity index (χ3n) is 4.07. The van der Waals surface area contributed by atoms with Crippen molar-refractivity contribution in [1.82, 2.24) is 5.32 Å². The van der Waals surface area contributed by atoms with Crippen LogP contribution in [0.4, 0.5) is 0 Å². The van der Waals surface area contributed by atoms with Gasteiger partial charge in [-0.25, -0.2) is 0 Å². The SMILES string of the molecule is C[C@H](C(=O)NC(CCC(=O)O)Cc1ccccc1)c1ccccc1. The first-order valence-electron chi connectivity index (χ1n) is 8.17. The topological polar surface area (TPSA) is 66.4 Å². The normalized spacial score (nSPS) is 13.0. The van der Waals surface area contributed by atoms with Crippen LogP contribution in [0.15, 0.2) is 60.7 Å². The molecule has 126 valence electrons. The molecule has 1 amide bonds. The largest absolute Gasteiger partial charge is 0.481 e. The van der Waals surface area contributed by atoms with Crippen LogP contribution >= 0.6 is 0 Å². The summed E-state index contributed by atoms with van der Waals surface area (Å²) in [7, 11) is 0. The van der Waals surface area contributed by atoms with Crippen LogP contribution in [-0.2, 0) is 16.0 Å². The van der Waals surface area contributed by atoms with Crippen LogP contribution in [0.5, 0.6) is 0 Å². The van der Waals surface area contributed by atoms with Gasteiger partial charge in [-0.1, -0.05) is 60.7 Å². The lowest BCUT2D eigenvalue weighted by Crippen LogP contribution is -2.39. The van der Waals surface area contributed by atoms with Crippen LogP contribution in [0.1, 0.15) is 36.8 Å². The second kappa shape index (κ2) is 8.87. The standard InChI is InChI=1S/C20H23NO3/c1-15(17-10-6-3-7-11-17)20(24)21-18(12-13-19(22)23)14-16-8-4-2-5-9-16/h2-11,15,18H,12-14H2,1H3,(H,21,24)(H,22,23)/t15-,18?/m0/s1. The predicted molar refractivity (Wildman–Crippen MR) is 93.8 cm³/mol. The van der Waals surface area contributed by atoms with Gasteiger partial charge in [0.05, 0.1) is 5.92 Å². The average molecular weight is 325 g/mol. The molecule has 24 heavy (non-hydrogen) atoms. The molecule has 2 atom stereocenters. The van der Waals surface area contributed by atoms with Crippen molar-refractivity contribution in [3.05, 3.63) is 71.8 Å². The molecule has 0 fully saturated rings. The fourth-order valence-corrected chi connectivity index (χ4v) is 2.64. The maximum Gasteiger partial charge on any atom is 0.303 e. The summed E-state index contributed by atoms with van der Waals surface area (Å²) in [5.74, 6) is -1.19. The van der Waals surface area contributed by atoms with Gasteiger partial charge in [0.25, 0.3) is 0 Å². The van der Waals surface area contributed by atoms with Gasteiger partial charge < -0.3 is 10.4 Å². The van der Waals surface area contributed by atoms with E-state index < -0.39 is 5.97 Å². The fraction of sp³-hybridized carbons (Fsp3) is 0.300. The number of hydrogen-bond acceptors (Lipinski definition) is 2. The molecule has 2 aromatic rings. The summed E-state index contributed by atoms with van der Waals surface area (Å²) in [5, 5.41) is 12.0. The summed E-state index contributed by atoms with van der Waals surface area (Å²) >= 11 is 0. The minimum atomic E-state index is -0.849. The number of carboxylic acids is 1. The van der Waals surface area contributed by atoms with Crippen LogP contribution in [0, 0.1) is 0 Å². The molecule has 1 unspecified atom stereocenters. The highest BCUT2D eigenvalue weighted by Gasteiger charge is 2.20. The van der Waals surface area contributed by atoms with Crippen LogP contribution in [0.2, 0.25) is 0 Å². The van der Waals surface area contributed by atoms with Crippen molar-refractivity contribution in [3.8, 4) is 0 Å². The lowest BCUT2D eigenvalue weighted by molar-refractivity contribution is -0.137. The average Bonchev–Trinajstić information content (AvgIpc) is 2.60. The third-order valence-corrected chi connectivity index (χ3v) is 4.07. The Bertz CT molecular complexity index is 655. The fourth-order valence-electron chi connectivity index (χ4n) is 2.64. The second-order valence-electron chi connectivity index (χ2n) is 5.96. The molecule has 0 saturated carbocycles. The molecule has 2 rings (SSSR count). The van der Waals surface area contributed by atoms with Crippen LogP contribution in [-0.4, -0.2) is 23.0 Å². The van der Waals surface area contributed by atoms with E-state index in [1.807, 2.05) is 67.6 Å². The van der Waals surface area contributed by atoms with Crippen molar-refractivity contribution in [2.24, 2.45) is 0 Å². The molecular weight excluding hydrogens is 302 g/mol. The number of rotatable bonds is 8. The Morgan fingerprint density at radius 1 is 1.00 bits per heavy atom. The van der Waals surface area contributed by atoms with E-state index in [4.69, 9.17) is 5.11 Å². The van der Waals surface area contributed by atoms with Crippen LogP contribution in [0.25, 0.3) is 0 Å². The van der Waals surface area contributed by atoms with Crippen molar-refractivity contribution < 1.29 is 14.7 Å². The summed E-state index contributed by atoms with van der Waals surface area (Å²) in [6.07, 6.45) is 1.08. The summed E-state index contributed by atoms with van der Waals surface area (Å²) in [6.45, 7) is 1.86. The maximum absolute atomic E-state index is 12.5. The predicted octanol–water partition coefficient (Wildman–Crippen LogP) is 3.38. The van der Waals surface area contributed by atoms with E-state index >= 15 is 0 Å². The second-order valence-corrected chi connectivity index (χ2v) is 5.96. The molecule has 0 radical (unpaired) electrons. The highest BCUT2D eigenvalue weighted by molar-refractivity contribution is 5.83. The van der Waals surface area contributed by atoms with E-state index in [2.05, 4.69) is 5.32 Å². The molecule has 2 aromatic carbocycles. The Morgan fingerprint density at radius 2 is 1.58 bits per heavy atom. The van der Waals surface area contributed by atoms with E-state index in [-0.39, 0.29) is 24.3 Å². The monoisotopic (exact) mass is 325 g/mol. The van der Waals surface area contributed by atoms with Gasteiger partial charge in [0, 0.05) is 12.5 Å². The lowest BCUT2D eigenvalue weighted by atomic mass is 9.97. The lowest BCUT2D eigenvalue weighted by Gasteiger charge is -2.21. The Morgan fingerprint density at radius 3 is 2.17 bits per heavy atom. The Labute approximate surface area is 142 Å². The zero-order valence-corrected chi connectivity index (χ0v) is 13.8. The molecule has 0 aliphatic heterocycles. The highest BCUT2D eigenvalue weighted by atomic mass is 16.4. The van der Waals surface area contributed by atoms with Crippen molar-refractivity contribution in [1.29, 1.82) is 0 Å². The molecule has 0 aliphatic rings. The molecule has 0 spiro atoms. The summed E-state index contributed by atoms with van der Waals surface area (Å²) in [5.41, 5.74) is 2.03. The first kappa shape index (κ1) is 17.7. The molecule has 4 nitrogen and oxygen atoms in total. The number of benzene rings is 2. The number of carboxylic acid groups (broad SMARTS) is 1. The summed E-state index contributed by atoms with van der Waals surface area (Å²) < 4.78 is 0. The molecule has 2 N–H and O–H groups in total. The number of amides is 1. The maximum atomic E-state index is 12.5. The van der Waals surface area contributed by atoms with E-state index in [0.717, 1.165) is 11.1 Å². The van der Waals surface area contributed by atoms with Gasteiger partial charge in [-0.2, -0.15) is 0 Å². The van der Waals surface area contributed by atoms with E-state index in [0.29, 0.717) is 12.8 Å². The smallest absolute Gasteiger partial charge is 0.303 e. The number of carbonyl (C=O) groups is 2. The summed E-state index contributed by atoms with van der Waals surface area (Å²) in [6, 6.07) is 19.2. The van der Waals surface area contributed by atoms with Gasteiger partial charge in [0.2, 0.25) is 5.91 Å². The molecule has 0 saturated heterocycles. The Balaban J connectivity index is 2.03. The highest BCUT2D eigenvalue weighted by Crippen LogP contribution is 2.16. The van der Waals surface area contributed by atoms with Crippen LogP contribution in [0.3, 0.4) is 0 Å². The van der Waals surface area contributed by atoms with Gasteiger partial charge in [-0.05, 0) is 30.9 Å². The van der Waals surface area contributed by atoms with E-state index in [9.17, 15) is 9.59 Å². The van der Waals surface area contributed by atoms with Gasteiger partial charge in [-0.3, -0.25) is 9.59 Å². The molecule has 0 aromatic heterocycles. The van der Waals surface area contributed by atoms with Gasteiger partial charge in [0.1, 0.15) is 0 Å². The van der Waals surface area contributed by atoms with Crippen molar-refractivity contribution >= 4 is 11.9 Å². The van der Waals surface area contributed by atoms with Gasteiger partial charge in [0.15, 0.2) is 0 Å². The summed E-state index contributed by atoms with van der Waals surface area (Å²) in [4.78, 5) is 23.4.